The zero-order valence-electron chi connectivity index (χ0n) is 36.2. The van der Waals surface area contributed by atoms with Crippen molar-refractivity contribution in [1.82, 2.24) is 49.0 Å². The molecule has 0 radical (unpaired) electrons. The summed E-state index contributed by atoms with van der Waals surface area (Å²) in [4.78, 5) is 58.6. The second-order valence-electron chi connectivity index (χ2n) is 15.7. The van der Waals surface area contributed by atoms with Crippen molar-refractivity contribution in [2.24, 2.45) is 14.1 Å². The third-order valence-corrected chi connectivity index (χ3v) is 10.8. The molecule has 2 unspecified atom stereocenters. The molecule has 8 heterocycles. The fraction of sp³-hybridized carbons (Fsp3) is 0.289. The van der Waals surface area contributed by atoms with Gasteiger partial charge in [-0.1, -0.05) is 35.3 Å². The number of nitrogens with one attached hydrogen (secondary N) is 4. The molecule has 8 rings (SSSR count). The van der Waals surface area contributed by atoms with Crippen LogP contribution in [-0.2, 0) is 18.8 Å². The van der Waals surface area contributed by atoms with Gasteiger partial charge in [-0.2, -0.15) is 0 Å². The fourth-order valence-corrected chi connectivity index (χ4v) is 7.58. The third-order valence-electron chi connectivity index (χ3n) is 10.4. The highest BCUT2D eigenvalue weighted by atomic mass is 35.5. The predicted octanol–water partition coefficient (Wildman–Crippen LogP) is 7.82. The van der Waals surface area contributed by atoms with Gasteiger partial charge in [0.05, 0.1) is 32.6 Å². The Morgan fingerprint density at radius 1 is 0.651 bits per heavy atom. The number of hydrogen-bond acceptors (Lipinski definition) is 12. The summed E-state index contributed by atoms with van der Waals surface area (Å²) in [5.74, 6) is 1.02. The summed E-state index contributed by atoms with van der Waals surface area (Å²) in [6, 6.07) is 11.2. The SMILES string of the molecule is COC(c1ccc(-c2cnc(NC(C)C)n(C)c2=O)nc1C)c1c[nH]c2ncc(Cl)cc12.Cc1nc(-c2cnc(NC(C)C)n(C)c2=O)ccc1C(O)c1c[nH]c2ncc(Cl)cc12. The Labute approximate surface area is 372 Å². The predicted molar refractivity (Wildman–Crippen MR) is 248 cm³/mol. The first-order valence-electron chi connectivity index (χ1n) is 20.1. The van der Waals surface area contributed by atoms with E-state index in [9.17, 15) is 14.7 Å². The molecule has 0 aliphatic heterocycles. The quantitative estimate of drug-likeness (QED) is 0.0843. The summed E-state index contributed by atoms with van der Waals surface area (Å²) in [6.07, 6.45) is 8.53. The number of nitrogens with zero attached hydrogens (tertiary/aromatic N) is 8. The van der Waals surface area contributed by atoms with E-state index in [0.717, 1.165) is 33.2 Å². The number of aryl methyl sites for hydroxylation is 2. The van der Waals surface area contributed by atoms with Crippen molar-refractivity contribution < 1.29 is 9.84 Å². The van der Waals surface area contributed by atoms with E-state index in [4.69, 9.17) is 32.9 Å². The van der Waals surface area contributed by atoms with Gasteiger partial charge >= 0.3 is 0 Å². The number of fused-ring (bicyclic) bond motifs is 2. The first kappa shape index (κ1) is 44.6. The van der Waals surface area contributed by atoms with Gasteiger partial charge in [-0.3, -0.25) is 28.7 Å². The molecule has 0 aliphatic carbocycles. The van der Waals surface area contributed by atoms with Crippen LogP contribution in [0, 0.1) is 13.8 Å². The monoisotopic (exact) mass is 890 g/mol. The van der Waals surface area contributed by atoms with Crippen LogP contribution in [0.2, 0.25) is 10.0 Å². The van der Waals surface area contributed by atoms with E-state index in [2.05, 4.69) is 45.5 Å². The number of ether oxygens (including phenoxy) is 1. The molecule has 0 spiro atoms. The number of hydrogen-bond donors (Lipinski definition) is 5. The number of aliphatic hydroxyl groups is 1. The molecule has 326 valence electrons. The highest BCUT2D eigenvalue weighted by Crippen LogP contribution is 2.34. The highest BCUT2D eigenvalue weighted by molar-refractivity contribution is 6.31. The van der Waals surface area contributed by atoms with Crippen LogP contribution in [-0.4, -0.2) is 73.3 Å². The zero-order chi connectivity index (χ0) is 45.3. The van der Waals surface area contributed by atoms with E-state index < -0.39 is 6.10 Å². The third kappa shape index (κ3) is 9.20. The van der Waals surface area contributed by atoms with Crippen LogP contribution in [0.1, 0.15) is 73.5 Å². The average molecular weight is 892 g/mol. The molecular weight excluding hydrogens is 843 g/mol. The lowest BCUT2D eigenvalue weighted by Crippen LogP contribution is -2.26. The van der Waals surface area contributed by atoms with Gasteiger partial charge in [0.1, 0.15) is 23.5 Å². The molecule has 63 heavy (non-hydrogen) atoms. The summed E-state index contributed by atoms with van der Waals surface area (Å²) in [5, 5.41) is 20.0. The first-order valence-corrected chi connectivity index (χ1v) is 20.9. The Hall–Kier alpha value is -6.46. The van der Waals surface area contributed by atoms with Crippen molar-refractivity contribution in [3.8, 4) is 22.5 Å². The van der Waals surface area contributed by atoms with Gasteiger partial charge in [-0.15, -0.1) is 0 Å². The summed E-state index contributed by atoms with van der Waals surface area (Å²) in [7, 11) is 5.02. The Balaban J connectivity index is 0.000000189. The van der Waals surface area contributed by atoms with Gasteiger partial charge in [0.25, 0.3) is 11.1 Å². The lowest BCUT2D eigenvalue weighted by atomic mass is 9.99. The van der Waals surface area contributed by atoms with Crippen molar-refractivity contribution >= 4 is 57.2 Å². The number of pyridine rings is 4. The standard InChI is InChI=1S/C23H25ClN6O2.C22H23ClN6O2/c1-12(2)28-23-27-11-18(22(31)30(23)4)19-7-6-15(13(3)29-19)20(32-5)17-10-26-21-16(17)8-14(24)9-25-21;1-11(2)27-22-26-10-17(21(31)29(22)4)18-6-5-14(12(3)28-18)19(30)16-9-25-20-15(16)7-13(23)8-24-20/h6-12,20H,1-5H3,(H,25,26)(H,27,28);5-11,19,30H,1-4H3,(H,24,25)(H,26,27). The number of anilines is 2. The van der Waals surface area contributed by atoms with Crippen LogP contribution >= 0.6 is 23.2 Å². The van der Waals surface area contributed by atoms with Crippen molar-refractivity contribution in [1.29, 1.82) is 0 Å². The number of methoxy groups -OCH3 is 1. The number of aromatic amines is 2. The smallest absolute Gasteiger partial charge is 0.264 e. The lowest BCUT2D eigenvalue weighted by molar-refractivity contribution is 0.137. The van der Waals surface area contributed by atoms with Gasteiger partial charge in [0.2, 0.25) is 11.9 Å². The zero-order valence-corrected chi connectivity index (χ0v) is 37.8. The van der Waals surface area contributed by atoms with Crippen LogP contribution in [0.3, 0.4) is 0 Å². The first-order chi connectivity index (χ1) is 30.1. The molecule has 0 aliphatic rings. The Kier molecular flexibility index (Phi) is 13.1. The van der Waals surface area contributed by atoms with E-state index in [1.807, 2.05) is 59.0 Å². The molecule has 0 aromatic carbocycles. The molecule has 0 bridgehead atoms. The fourth-order valence-electron chi connectivity index (χ4n) is 7.26. The van der Waals surface area contributed by atoms with Crippen molar-refractivity contribution in [2.45, 2.75) is 65.8 Å². The van der Waals surface area contributed by atoms with Gasteiger partial charge in [-0.25, -0.2) is 19.9 Å². The average Bonchev–Trinajstić information content (AvgIpc) is 3.86. The molecule has 8 aromatic heterocycles. The molecule has 8 aromatic rings. The maximum absolute atomic E-state index is 12.9. The summed E-state index contributed by atoms with van der Waals surface area (Å²) in [5.41, 5.74) is 7.37. The minimum absolute atomic E-state index is 0.152. The van der Waals surface area contributed by atoms with Crippen molar-refractivity contribution in [3.63, 3.8) is 0 Å². The normalized spacial score (nSPS) is 12.5. The van der Waals surface area contributed by atoms with Crippen LogP contribution < -0.4 is 21.8 Å². The number of aliphatic hydroxyl groups excluding tert-OH is 1. The van der Waals surface area contributed by atoms with Gasteiger partial charge in [0, 0.05) is 115 Å². The van der Waals surface area contributed by atoms with Crippen LogP contribution in [0.4, 0.5) is 11.9 Å². The maximum atomic E-state index is 12.9. The molecule has 5 N–H and O–H groups in total. The molecule has 0 saturated heterocycles. The summed E-state index contributed by atoms with van der Waals surface area (Å²) >= 11 is 12.2. The lowest BCUT2D eigenvalue weighted by Gasteiger charge is -2.18. The van der Waals surface area contributed by atoms with Crippen molar-refractivity contribution in [2.75, 3.05) is 17.7 Å². The number of rotatable bonds is 11. The molecule has 0 saturated carbocycles. The second-order valence-corrected chi connectivity index (χ2v) is 16.5. The van der Waals surface area contributed by atoms with E-state index in [0.29, 0.717) is 66.9 Å². The molecule has 18 heteroatoms. The molecule has 2 atom stereocenters. The second kappa shape index (κ2) is 18.5. The van der Waals surface area contributed by atoms with E-state index in [1.54, 1.807) is 71.1 Å². The number of aromatic nitrogens is 10. The van der Waals surface area contributed by atoms with Gasteiger partial charge in [0.15, 0.2) is 0 Å². The van der Waals surface area contributed by atoms with Gasteiger partial charge in [-0.05, 0) is 65.8 Å². The largest absolute Gasteiger partial charge is 0.384 e. The van der Waals surface area contributed by atoms with Crippen LogP contribution in [0.25, 0.3) is 44.6 Å². The number of H-pyrrole nitrogens is 2. The highest BCUT2D eigenvalue weighted by Gasteiger charge is 2.23. The number of halogens is 2. The molecule has 0 fully saturated rings. The minimum atomic E-state index is -0.922. The van der Waals surface area contributed by atoms with Gasteiger partial charge < -0.3 is 30.4 Å². The topological polar surface area (TPSA) is 206 Å². The van der Waals surface area contributed by atoms with E-state index in [1.165, 1.54) is 15.3 Å². The Morgan fingerprint density at radius 3 is 1.54 bits per heavy atom. The van der Waals surface area contributed by atoms with Crippen LogP contribution in [0.15, 0.2) is 83.2 Å². The van der Waals surface area contributed by atoms with E-state index in [-0.39, 0.29) is 29.3 Å². The Morgan fingerprint density at radius 2 is 1.10 bits per heavy atom. The molecular formula is C45H48Cl2N12O4. The molecule has 0 amide bonds. The minimum Gasteiger partial charge on any atom is -0.384 e. The Bertz CT molecular complexity index is 3080. The maximum Gasteiger partial charge on any atom is 0.264 e. The summed E-state index contributed by atoms with van der Waals surface area (Å²) in [6.45, 7) is 11.6. The van der Waals surface area contributed by atoms with E-state index >= 15 is 0 Å². The summed E-state index contributed by atoms with van der Waals surface area (Å²) < 4.78 is 8.80. The van der Waals surface area contributed by atoms with Crippen molar-refractivity contribution in [3.05, 3.63) is 138 Å². The molecule has 16 nitrogen and oxygen atoms in total. The van der Waals surface area contributed by atoms with Crippen LogP contribution in [0.5, 0.6) is 0 Å².